The first-order chi connectivity index (χ1) is 13.2. The summed E-state index contributed by atoms with van der Waals surface area (Å²) in [6.07, 6.45) is 1.60. The monoisotopic (exact) mass is 355 g/mol. The van der Waals surface area contributed by atoms with Crippen molar-refractivity contribution in [1.29, 1.82) is 5.26 Å². The Morgan fingerprint density at radius 2 is 1.70 bits per heavy atom. The van der Waals surface area contributed by atoms with Crippen LogP contribution in [0.5, 0.6) is 5.75 Å². The highest BCUT2D eigenvalue weighted by atomic mass is 16.5. The molecule has 0 heterocycles. The van der Waals surface area contributed by atoms with Crippen molar-refractivity contribution in [3.63, 3.8) is 0 Å². The fourth-order valence-corrected chi connectivity index (χ4v) is 3.56. The Kier molecular flexibility index (Phi) is 4.13. The van der Waals surface area contributed by atoms with Gasteiger partial charge in [-0.2, -0.15) is 5.26 Å². The second-order valence-electron chi connectivity index (χ2n) is 6.27. The predicted octanol–water partition coefficient (Wildman–Crippen LogP) is 5.06. The Morgan fingerprint density at radius 1 is 1.04 bits per heavy atom. The fourth-order valence-electron chi connectivity index (χ4n) is 3.56. The lowest BCUT2D eigenvalue weighted by Crippen LogP contribution is -2.06. The van der Waals surface area contributed by atoms with E-state index in [9.17, 15) is 10.1 Å². The van der Waals surface area contributed by atoms with Gasteiger partial charge in [-0.3, -0.25) is 0 Å². The van der Waals surface area contributed by atoms with Crippen LogP contribution in [0, 0.1) is 11.3 Å². The lowest BCUT2D eigenvalue weighted by Gasteiger charge is -2.14. The van der Waals surface area contributed by atoms with Gasteiger partial charge in [0.15, 0.2) is 0 Å². The van der Waals surface area contributed by atoms with Crippen molar-refractivity contribution in [2.45, 2.75) is 6.92 Å². The molecule has 0 saturated carbocycles. The first kappa shape index (κ1) is 16.9. The highest BCUT2D eigenvalue weighted by molar-refractivity contribution is 6.24. The molecule has 0 spiro atoms. The van der Waals surface area contributed by atoms with Crippen LogP contribution >= 0.6 is 0 Å². The third-order valence-electron chi connectivity index (χ3n) is 4.76. The van der Waals surface area contributed by atoms with Crippen molar-refractivity contribution in [2.75, 3.05) is 13.7 Å². The first-order valence-corrected chi connectivity index (χ1v) is 8.70. The van der Waals surface area contributed by atoms with Gasteiger partial charge in [-0.25, -0.2) is 4.79 Å². The van der Waals surface area contributed by atoms with Gasteiger partial charge in [0.05, 0.1) is 13.7 Å². The molecule has 4 aromatic carbocycles. The number of carbonyl (C=O) groups excluding carboxylic acids is 1. The van der Waals surface area contributed by atoms with E-state index in [1.165, 1.54) is 0 Å². The number of hydrogen-bond acceptors (Lipinski definition) is 4. The minimum atomic E-state index is -0.601. The summed E-state index contributed by atoms with van der Waals surface area (Å²) in [5.74, 6) is 0.213. The Balaban J connectivity index is 2.02. The summed E-state index contributed by atoms with van der Waals surface area (Å²) < 4.78 is 10.4. The van der Waals surface area contributed by atoms with Crippen LogP contribution in [0.15, 0.2) is 54.1 Å². The van der Waals surface area contributed by atoms with Crippen molar-refractivity contribution in [3.05, 3.63) is 59.7 Å². The van der Waals surface area contributed by atoms with Crippen LogP contribution < -0.4 is 4.74 Å². The number of ether oxygens (including phenoxy) is 2. The molecule has 4 nitrogen and oxygen atoms in total. The molecule has 0 N–H and O–H groups in total. The van der Waals surface area contributed by atoms with E-state index in [4.69, 9.17) is 9.47 Å². The Hall–Kier alpha value is -3.58. The average Bonchev–Trinajstić information content (AvgIpc) is 2.70. The molecule has 0 saturated heterocycles. The van der Waals surface area contributed by atoms with Crippen molar-refractivity contribution >= 4 is 44.4 Å². The van der Waals surface area contributed by atoms with Gasteiger partial charge in [-0.15, -0.1) is 0 Å². The second-order valence-corrected chi connectivity index (χ2v) is 6.27. The summed E-state index contributed by atoms with van der Waals surface area (Å²) in [6.45, 7) is 1.95. The van der Waals surface area contributed by atoms with Crippen LogP contribution in [0.3, 0.4) is 0 Å². The van der Waals surface area contributed by atoms with Crippen LogP contribution in [0.2, 0.25) is 0 Å². The van der Waals surface area contributed by atoms with E-state index < -0.39 is 5.97 Å². The number of esters is 1. The van der Waals surface area contributed by atoms with Crippen LogP contribution in [0.4, 0.5) is 0 Å². The van der Waals surface area contributed by atoms with Crippen molar-refractivity contribution in [3.8, 4) is 11.8 Å². The van der Waals surface area contributed by atoms with E-state index in [2.05, 4.69) is 12.1 Å². The molecule has 4 rings (SSSR count). The van der Waals surface area contributed by atoms with Gasteiger partial charge in [-0.05, 0) is 63.0 Å². The fraction of sp³-hybridized carbons (Fsp3) is 0.130. The van der Waals surface area contributed by atoms with Gasteiger partial charge in [0, 0.05) is 0 Å². The molecule has 0 fully saturated rings. The quantitative estimate of drug-likeness (QED) is 0.222. The highest BCUT2D eigenvalue weighted by Gasteiger charge is 2.14. The summed E-state index contributed by atoms with van der Waals surface area (Å²) in [4.78, 5) is 12.0. The standard InChI is InChI=1S/C23H17NO3/c1-3-27-23(25)18(13-24)10-15-6-4-14-5-7-16-11-19(26-2)12-17-8-9-20(15)22(14)21(16)17/h4-12H,3H2,1-2H3. The van der Waals surface area contributed by atoms with E-state index in [0.717, 1.165) is 43.6 Å². The second kappa shape index (κ2) is 6.62. The number of nitriles is 1. The molecule has 0 aromatic heterocycles. The van der Waals surface area contributed by atoms with Gasteiger partial charge in [0.1, 0.15) is 17.4 Å². The molecule has 0 amide bonds. The largest absolute Gasteiger partial charge is 0.497 e. The molecule has 27 heavy (non-hydrogen) atoms. The lowest BCUT2D eigenvalue weighted by molar-refractivity contribution is -0.137. The summed E-state index contributed by atoms with van der Waals surface area (Å²) in [5, 5.41) is 15.9. The summed E-state index contributed by atoms with van der Waals surface area (Å²) in [7, 11) is 1.66. The van der Waals surface area contributed by atoms with Crippen molar-refractivity contribution in [1.82, 2.24) is 0 Å². The maximum atomic E-state index is 12.0. The van der Waals surface area contributed by atoms with E-state index in [1.807, 2.05) is 42.5 Å². The van der Waals surface area contributed by atoms with E-state index >= 15 is 0 Å². The zero-order chi connectivity index (χ0) is 19.0. The molecular formula is C23H17NO3. The van der Waals surface area contributed by atoms with Crippen LogP contribution in [0.25, 0.3) is 38.4 Å². The maximum Gasteiger partial charge on any atom is 0.348 e. The van der Waals surface area contributed by atoms with Crippen molar-refractivity contribution < 1.29 is 14.3 Å². The van der Waals surface area contributed by atoms with Crippen LogP contribution in [0.1, 0.15) is 12.5 Å². The van der Waals surface area contributed by atoms with Crippen molar-refractivity contribution in [2.24, 2.45) is 0 Å². The van der Waals surface area contributed by atoms with E-state index in [0.29, 0.717) is 0 Å². The van der Waals surface area contributed by atoms with Crippen LogP contribution in [-0.4, -0.2) is 19.7 Å². The summed E-state index contributed by atoms with van der Waals surface area (Å²) in [6, 6.07) is 18.1. The average molecular weight is 355 g/mol. The smallest absolute Gasteiger partial charge is 0.348 e. The highest BCUT2D eigenvalue weighted by Crippen LogP contribution is 2.38. The molecule has 0 unspecified atom stereocenters. The van der Waals surface area contributed by atoms with Gasteiger partial charge >= 0.3 is 5.97 Å². The van der Waals surface area contributed by atoms with E-state index in [1.54, 1.807) is 20.1 Å². The molecule has 0 aliphatic rings. The zero-order valence-electron chi connectivity index (χ0n) is 15.1. The number of nitrogens with zero attached hydrogens (tertiary/aromatic N) is 1. The van der Waals surface area contributed by atoms with Crippen LogP contribution in [-0.2, 0) is 9.53 Å². The molecule has 4 heteroatoms. The number of benzene rings is 4. The third kappa shape index (κ3) is 2.74. The summed E-state index contributed by atoms with van der Waals surface area (Å²) >= 11 is 0. The van der Waals surface area contributed by atoms with Gasteiger partial charge in [-0.1, -0.05) is 36.4 Å². The molecule has 0 bridgehead atoms. The number of carbonyl (C=O) groups is 1. The summed E-state index contributed by atoms with van der Waals surface area (Å²) in [5.41, 5.74) is 0.811. The number of methoxy groups -OCH3 is 1. The third-order valence-corrected chi connectivity index (χ3v) is 4.76. The van der Waals surface area contributed by atoms with Gasteiger partial charge < -0.3 is 9.47 Å². The molecule has 0 aliphatic carbocycles. The molecule has 4 aromatic rings. The first-order valence-electron chi connectivity index (χ1n) is 8.70. The topological polar surface area (TPSA) is 59.3 Å². The SMILES string of the molecule is CCOC(=O)C(C#N)=Cc1ccc2ccc3cc(OC)cc4ccc1c2c34. The maximum absolute atomic E-state index is 12.0. The van der Waals surface area contributed by atoms with E-state index in [-0.39, 0.29) is 12.2 Å². The zero-order valence-corrected chi connectivity index (χ0v) is 15.1. The minimum absolute atomic E-state index is 0.00597. The van der Waals surface area contributed by atoms with Gasteiger partial charge in [0.25, 0.3) is 0 Å². The molecule has 0 atom stereocenters. The minimum Gasteiger partial charge on any atom is -0.497 e. The molecule has 132 valence electrons. The Bertz CT molecular complexity index is 1230. The number of hydrogen-bond donors (Lipinski definition) is 0. The Morgan fingerprint density at radius 3 is 2.37 bits per heavy atom. The predicted molar refractivity (Wildman–Crippen MR) is 107 cm³/mol. The number of rotatable bonds is 4. The Labute approximate surface area is 156 Å². The molecule has 0 aliphatic heterocycles. The normalized spacial score (nSPS) is 11.8. The molecule has 0 radical (unpaired) electrons. The lowest BCUT2D eigenvalue weighted by atomic mass is 9.91. The molecular weight excluding hydrogens is 338 g/mol. The van der Waals surface area contributed by atoms with Gasteiger partial charge in [0.2, 0.25) is 0 Å².